The van der Waals surface area contributed by atoms with Crippen molar-refractivity contribution in [3.05, 3.63) is 53.6 Å². The Morgan fingerprint density at radius 2 is 1.80 bits per heavy atom. The number of nitrogens with one attached hydrogen (secondary N) is 1. The first-order chi connectivity index (χ1) is 11.8. The number of benzene rings is 2. The van der Waals surface area contributed by atoms with Gasteiger partial charge in [-0.25, -0.2) is 4.79 Å². The number of ether oxygens (including phenoxy) is 1. The third-order valence-corrected chi connectivity index (χ3v) is 4.71. The zero-order valence-electron chi connectivity index (χ0n) is 15.2. The lowest BCUT2D eigenvalue weighted by Gasteiger charge is -2.27. The molecule has 0 spiro atoms. The molecule has 0 saturated heterocycles. The number of hydrogen-bond acceptors (Lipinski definition) is 2. The maximum absolute atomic E-state index is 11.1. The van der Waals surface area contributed by atoms with Gasteiger partial charge in [0.15, 0.2) is 0 Å². The van der Waals surface area contributed by atoms with E-state index in [1.54, 1.807) is 0 Å². The highest BCUT2D eigenvalue weighted by Crippen LogP contribution is 2.46. The Labute approximate surface area is 148 Å². The molecule has 132 valence electrons. The normalized spacial score (nSPS) is 18.0. The number of hydrogen-bond donors (Lipinski definition) is 2. The molecule has 0 saturated carbocycles. The lowest BCUT2D eigenvalue weighted by atomic mass is 9.85. The third-order valence-electron chi connectivity index (χ3n) is 4.71. The molecule has 1 aliphatic carbocycles. The van der Waals surface area contributed by atoms with Crippen LogP contribution in [0.3, 0.4) is 0 Å². The van der Waals surface area contributed by atoms with Gasteiger partial charge in [0, 0.05) is 0 Å². The summed E-state index contributed by atoms with van der Waals surface area (Å²) in [5.41, 5.74) is 4.43. The van der Waals surface area contributed by atoms with Crippen LogP contribution in [0.5, 0.6) is 5.75 Å². The predicted molar refractivity (Wildman–Crippen MR) is 99.0 cm³/mol. The molecule has 0 bridgehead atoms. The molecule has 1 atom stereocenters. The lowest BCUT2D eigenvalue weighted by molar-refractivity contribution is 0.175. The highest BCUT2D eigenvalue weighted by Gasteiger charge is 2.39. The van der Waals surface area contributed by atoms with Gasteiger partial charge in [-0.3, -0.25) is 0 Å². The van der Waals surface area contributed by atoms with Crippen molar-refractivity contribution < 1.29 is 14.6 Å². The number of amides is 1. The summed E-state index contributed by atoms with van der Waals surface area (Å²) in [7, 11) is 0. The second-order valence-corrected chi connectivity index (χ2v) is 7.65. The Balaban J connectivity index is 1.88. The van der Waals surface area contributed by atoms with Gasteiger partial charge in [-0.2, -0.15) is 0 Å². The van der Waals surface area contributed by atoms with Gasteiger partial charge < -0.3 is 15.2 Å². The van der Waals surface area contributed by atoms with Crippen molar-refractivity contribution in [1.82, 2.24) is 5.32 Å². The minimum Gasteiger partial charge on any atom is -0.491 e. The summed E-state index contributed by atoms with van der Waals surface area (Å²) in [6.45, 7) is 8.23. The molecule has 1 unspecified atom stereocenters. The predicted octanol–water partition coefficient (Wildman–Crippen LogP) is 5.03. The van der Waals surface area contributed by atoms with Crippen LogP contribution in [0, 0.1) is 5.41 Å². The molecule has 1 amide bonds. The van der Waals surface area contributed by atoms with Crippen molar-refractivity contribution in [2.45, 2.75) is 46.3 Å². The van der Waals surface area contributed by atoms with E-state index in [1.807, 2.05) is 26.0 Å². The maximum atomic E-state index is 11.1. The molecule has 0 aliphatic heterocycles. The third kappa shape index (κ3) is 3.63. The fourth-order valence-electron chi connectivity index (χ4n) is 3.63. The average Bonchev–Trinajstić information content (AvgIpc) is 2.76. The molecule has 2 aromatic rings. The minimum atomic E-state index is -0.976. The van der Waals surface area contributed by atoms with E-state index in [0.29, 0.717) is 0 Å². The van der Waals surface area contributed by atoms with E-state index in [1.165, 1.54) is 5.56 Å². The first-order valence-corrected chi connectivity index (χ1v) is 8.65. The molecule has 4 heteroatoms. The van der Waals surface area contributed by atoms with Crippen molar-refractivity contribution in [2.75, 3.05) is 0 Å². The molecule has 0 radical (unpaired) electrons. The average molecular weight is 339 g/mol. The van der Waals surface area contributed by atoms with E-state index in [0.717, 1.165) is 28.9 Å². The summed E-state index contributed by atoms with van der Waals surface area (Å²) in [6, 6.07) is 14.2. The summed E-state index contributed by atoms with van der Waals surface area (Å²) in [4.78, 5) is 11.1. The smallest absolute Gasteiger partial charge is 0.405 e. The molecule has 3 rings (SSSR count). The zero-order valence-corrected chi connectivity index (χ0v) is 15.2. The van der Waals surface area contributed by atoms with Crippen LogP contribution in [-0.2, 0) is 6.42 Å². The summed E-state index contributed by atoms with van der Waals surface area (Å²) in [5, 5.41) is 11.8. The summed E-state index contributed by atoms with van der Waals surface area (Å²) >= 11 is 0. The number of fused-ring (bicyclic) bond motifs is 1. The standard InChI is InChI=1S/C21H25NO3/c1-13(2)25-17-8-5-14(6-9-17)15-7-10-18-16(11-15)12-21(3,4)19(18)22-20(23)24/h5-11,13,19,22H,12H2,1-4H3,(H,23,24). The Hall–Kier alpha value is -2.49. The minimum absolute atomic E-state index is 0.131. The van der Waals surface area contributed by atoms with Gasteiger partial charge in [0.25, 0.3) is 0 Å². The van der Waals surface area contributed by atoms with E-state index in [4.69, 9.17) is 9.84 Å². The fourth-order valence-corrected chi connectivity index (χ4v) is 3.63. The van der Waals surface area contributed by atoms with Gasteiger partial charge in [0.05, 0.1) is 12.1 Å². The van der Waals surface area contributed by atoms with E-state index in [-0.39, 0.29) is 17.6 Å². The summed E-state index contributed by atoms with van der Waals surface area (Å²) in [5.74, 6) is 0.867. The molecule has 0 aromatic heterocycles. The molecule has 2 N–H and O–H groups in total. The summed E-state index contributed by atoms with van der Waals surface area (Å²) < 4.78 is 5.69. The fraction of sp³-hybridized carbons (Fsp3) is 0.381. The van der Waals surface area contributed by atoms with E-state index < -0.39 is 6.09 Å². The van der Waals surface area contributed by atoms with Crippen LogP contribution in [-0.4, -0.2) is 17.3 Å². The van der Waals surface area contributed by atoms with Crippen LogP contribution in [0.4, 0.5) is 4.79 Å². The largest absolute Gasteiger partial charge is 0.491 e. The second-order valence-electron chi connectivity index (χ2n) is 7.65. The molecule has 4 nitrogen and oxygen atoms in total. The van der Waals surface area contributed by atoms with Crippen LogP contribution < -0.4 is 10.1 Å². The van der Waals surface area contributed by atoms with Crippen LogP contribution >= 0.6 is 0 Å². The van der Waals surface area contributed by atoms with Crippen molar-refractivity contribution in [3.8, 4) is 16.9 Å². The van der Waals surface area contributed by atoms with Gasteiger partial charge in [0.1, 0.15) is 5.75 Å². The topological polar surface area (TPSA) is 58.6 Å². The number of rotatable bonds is 4. The van der Waals surface area contributed by atoms with Crippen molar-refractivity contribution in [3.63, 3.8) is 0 Å². The molecule has 25 heavy (non-hydrogen) atoms. The monoisotopic (exact) mass is 339 g/mol. The van der Waals surface area contributed by atoms with E-state index in [2.05, 4.69) is 49.5 Å². The van der Waals surface area contributed by atoms with Crippen LogP contribution in [0.25, 0.3) is 11.1 Å². The molecule has 0 heterocycles. The van der Waals surface area contributed by atoms with Gasteiger partial charge in [0.2, 0.25) is 0 Å². The quantitative estimate of drug-likeness (QED) is 0.821. The highest BCUT2D eigenvalue weighted by molar-refractivity contribution is 5.68. The second kappa shape index (κ2) is 6.43. The highest BCUT2D eigenvalue weighted by atomic mass is 16.5. The SMILES string of the molecule is CC(C)Oc1ccc(-c2ccc3c(c2)CC(C)(C)C3NC(=O)O)cc1. The molecule has 1 aliphatic rings. The Bertz CT molecular complexity index is 778. The van der Waals surface area contributed by atoms with Gasteiger partial charge in [-0.1, -0.05) is 44.2 Å². The van der Waals surface area contributed by atoms with Gasteiger partial charge in [-0.05, 0) is 60.1 Å². The first kappa shape index (κ1) is 17.3. The molecular formula is C21H25NO3. The Kier molecular flexibility index (Phi) is 4.46. The molecule has 0 fully saturated rings. The van der Waals surface area contributed by atoms with Crippen molar-refractivity contribution in [1.29, 1.82) is 0 Å². The number of carboxylic acid groups (broad SMARTS) is 1. The Morgan fingerprint density at radius 3 is 2.40 bits per heavy atom. The van der Waals surface area contributed by atoms with E-state index in [9.17, 15) is 4.79 Å². The van der Waals surface area contributed by atoms with Crippen LogP contribution in [0.2, 0.25) is 0 Å². The van der Waals surface area contributed by atoms with E-state index >= 15 is 0 Å². The van der Waals surface area contributed by atoms with Crippen LogP contribution in [0.15, 0.2) is 42.5 Å². The van der Waals surface area contributed by atoms with Gasteiger partial charge >= 0.3 is 6.09 Å². The lowest BCUT2D eigenvalue weighted by Crippen LogP contribution is -2.34. The van der Waals surface area contributed by atoms with Crippen LogP contribution in [0.1, 0.15) is 44.9 Å². The molecular weight excluding hydrogens is 314 g/mol. The maximum Gasteiger partial charge on any atom is 0.405 e. The van der Waals surface area contributed by atoms with Crippen molar-refractivity contribution >= 4 is 6.09 Å². The van der Waals surface area contributed by atoms with Gasteiger partial charge in [-0.15, -0.1) is 0 Å². The first-order valence-electron chi connectivity index (χ1n) is 8.65. The van der Waals surface area contributed by atoms with Crippen molar-refractivity contribution in [2.24, 2.45) is 5.41 Å². The number of carbonyl (C=O) groups is 1. The Morgan fingerprint density at radius 1 is 1.16 bits per heavy atom. The zero-order chi connectivity index (χ0) is 18.2. The summed E-state index contributed by atoms with van der Waals surface area (Å²) in [6.07, 6.45) is 0.0397. The molecule has 2 aromatic carbocycles.